The van der Waals surface area contributed by atoms with E-state index in [0.29, 0.717) is 24.9 Å². The van der Waals surface area contributed by atoms with E-state index in [-0.39, 0.29) is 48.7 Å². The maximum atomic E-state index is 15.2. The lowest BCUT2D eigenvalue weighted by Crippen LogP contribution is -2.59. The smallest absolute Gasteiger partial charge is 0.310 e. The van der Waals surface area contributed by atoms with E-state index in [4.69, 9.17) is 4.74 Å². The van der Waals surface area contributed by atoms with Gasteiger partial charge in [-0.25, -0.2) is 0 Å². The summed E-state index contributed by atoms with van der Waals surface area (Å²) >= 11 is 1.61. The number of likely N-dealkylation sites (tertiary alicyclic amines) is 1. The molecule has 46 heavy (non-hydrogen) atoms. The molecular weight excluding hydrogens is 596 g/mol. The van der Waals surface area contributed by atoms with Crippen LogP contribution in [0.1, 0.15) is 31.7 Å². The third-order valence-corrected chi connectivity index (χ3v) is 12.1. The number of hydrogen-bond acceptors (Lipinski definition) is 6. The number of carbonyl (C=O) groups excluding carboxylic acids is 3. The van der Waals surface area contributed by atoms with Gasteiger partial charge < -0.3 is 19.6 Å². The summed E-state index contributed by atoms with van der Waals surface area (Å²) in [5.41, 5.74) is 1.67. The number of aliphatic hydroxyl groups is 1. The minimum atomic E-state index is -0.888. The van der Waals surface area contributed by atoms with Crippen LogP contribution >= 0.6 is 11.8 Å². The molecule has 6 rings (SSSR count). The van der Waals surface area contributed by atoms with Crippen LogP contribution in [0.25, 0.3) is 10.8 Å². The molecule has 7 atom stereocenters. The van der Waals surface area contributed by atoms with Crippen molar-refractivity contribution in [3.8, 4) is 0 Å². The van der Waals surface area contributed by atoms with Crippen molar-refractivity contribution < 1.29 is 24.2 Å². The predicted molar refractivity (Wildman–Crippen MR) is 183 cm³/mol. The fourth-order valence-electron chi connectivity index (χ4n) is 7.98. The maximum Gasteiger partial charge on any atom is 0.310 e. The van der Waals surface area contributed by atoms with Gasteiger partial charge in [0.25, 0.3) is 5.91 Å². The van der Waals surface area contributed by atoms with Crippen molar-refractivity contribution in [2.75, 3.05) is 24.7 Å². The van der Waals surface area contributed by atoms with E-state index in [1.807, 2.05) is 72.8 Å². The molecule has 1 N–H and O–H groups in total. The number of thioether (sulfide) groups is 1. The van der Waals surface area contributed by atoms with E-state index in [1.54, 1.807) is 33.7 Å². The summed E-state index contributed by atoms with van der Waals surface area (Å²) in [7, 11) is 0. The monoisotopic (exact) mass is 638 g/mol. The predicted octanol–water partition coefficient (Wildman–Crippen LogP) is 5.81. The molecule has 8 heteroatoms. The molecule has 240 valence electrons. The van der Waals surface area contributed by atoms with Crippen molar-refractivity contribution in [2.45, 2.75) is 54.7 Å². The Morgan fingerprint density at radius 3 is 2.54 bits per heavy atom. The van der Waals surface area contributed by atoms with Gasteiger partial charge in [0.15, 0.2) is 0 Å². The second-order valence-corrected chi connectivity index (χ2v) is 14.2. The highest BCUT2D eigenvalue weighted by atomic mass is 32.2. The molecule has 3 unspecified atom stereocenters. The molecule has 7 nitrogen and oxygen atoms in total. The van der Waals surface area contributed by atoms with Crippen molar-refractivity contribution in [3.05, 3.63) is 104 Å². The zero-order valence-corrected chi connectivity index (χ0v) is 27.1. The lowest BCUT2D eigenvalue weighted by atomic mass is 9.66. The number of esters is 1. The number of rotatable bonds is 13. The topological polar surface area (TPSA) is 87.1 Å². The Morgan fingerprint density at radius 2 is 1.83 bits per heavy atom. The fourth-order valence-corrected chi connectivity index (χ4v) is 10.4. The van der Waals surface area contributed by atoms with Crippen molar-refractivity contribution in [2.24, 2.45) is 17.8 Å². The van der Waals surface area contributed by atoms with Gasteiger partial charge >= 0.3 is 5.97 Å². The molecule has 2 amide bonds. The molecule has 3 aliphatic rings. The Hall–Kier alpha value is -3.88. The summed E-state index contributed by atoms with van der Waals surface area (Å²) < 4.78 is 4.91. The van der Waals surface area contributed by atoms with Gasteiger partial charge in [0.05, 0.1) is 35.8 Å². The summed E-state index contributed by atoms with van der Waals surface area (Å²) in [6.07, 6.45) is 5.97. The third-order valence-electron chi connectivity index (χ3n) is 10.0. The highest BCUT2D eigenvalue weighted by Crippen LogP contribution is 2.69. The van der Waals surface area contributed by atoms with Gasteiger partial charge in [-0.3, -0.25) is 14.4 Å². The second kappa shape index (κ2) is 13.5. The van der Waals surface area contributed by atoms with E-state index < -0.39 is 28.7 Å². The number of aliphatic hydroxyl groups excluding tert-OH is 1. The maximum absolute atomic E-state index is 15.2. The molecule has 3 aromatic carbocycles. The average Bonchev–Trinajstić information content (AvgIpc) is 3.68. The lowest BCUT2D eigenvalue weighted by Gasteiger charge is -2.42. The van der Waals surface area contributed by atoms with Crippen LogP contribution in [0.3, 0.4) is 0 Å². The summed E-state index contributed by atoms with van der Waals surface area (Å²) in [6, 6.07) is 22.1. The Bertz CT molecular complexity index is 1630. The van der Waals surface area contributed by atoms with Crippen LogP contribution in [0, 0.1) is 17.8 Å². The van der Waals surface area contributed by atoms with E-state index in [2.05, 4.69) is 20.1 Å². The van der Waals surface area contributed by atoms with Gasteiger partial charge in [0.1, 0.15) is 6.04 Å². The lowest BCUT2D eigenvalue weighted by molar-refractivity contribution is -0.155. The first-order chi connectivity index (χ1) is 22.3. The number of hydrogen-bond donors (Lipinski definition) is 1. The number of unbranched alkanes of at least 4 members (excludes halogenated alkanes) is 1. The minimum Gasteiger partial charge on any atom is -0.465 e. The molecule has 2 bridgehead atoms. The fraction of sp³-hybridized carbons (Fsp3) is 0.395. The quantitative estimate of drug-likeness (QED) is 0.145. The molecule has 3 heterocycles. The van der Waals surface area contributed by atoms with Gasteiger partial charge in [-0.05, 0) is 60.1 Å². The van der Waals surface area contributed by atoms with Crippen molar-refractivity contribution >= 4 is 46.0 Å². The number of anilines is 1. The molecule has 3 aliphatic heterocycles. The number of fused-ring (bicyclic) bond motifs is 2. The first-order valence-corrected chi connectivity index (χ1v) is 17.1. The molecular formula is C38H42N2O5S. The first kappa shape index (κ1) is 32.1. The van der Waals surface area contributed by atoms with E-state index in [0.717, 1.165) is 22.8 Å². The standard InChI is InChI=1S/C38H42N2O5S/c1-4-6-12-20-45-37(44)32-31-21-25(3)38(46-31)33(32)35(42)40(30(24-41)22-26-13-8-7-9-14-26)34(38)36(43)39(19-5-2)29-18-17-27-15-10-11-16-28(27)23-29/h4-5,7-11,13-18,23,25,30-34,41H,1-2,6,12,19-22,24H2,3H3/t25?,30-,31-,32+,33+,34?,38?/m1/s1. The summed E-state index contributed by atoms with van der Waals surface area (Å²) in [5.74, 6) is -2.24. The minimum absolute atomic E-state index is 0.0153. The highest BCUT2D eigenvalue weighted by Gasteiger charge is 2.77. The molecule has 3 fully saturated rings. The van der Waals surface area contributed by atoms with Crippen LogP contribution in [-0.2, 0) is 25.5 Å². The normalized spacial score (nSPS) is 27.0. The molecule has 0 saturated carbocycles. The number of ether oxygens (including phenoxy) is 1. The van der Waals surface area contributed by atoms with E-state index in [1.165, 1.54) is 0 Å². The van der Waals surface area contributed by atoms with E-state index in [9.17, 15) is 14.7 Å². The largest absolute Gasteiger partial charge is 0.465 e. The Balaban J connectivity index is 1.43. The van der Waals surface area contributed by atoms with Crippen LogP contribution in [0.15, 0.2) is 98.1 Å². The number of benzene rings is 3. The molecule has 0 aromatic heterocycles. The highest BCUT2D eigenvalue weighted by molar-refractivity contribution is 8.02. The van der Waals surface area contributed by atoms with Crippen LogP contribution < -0.4 is 4.90 Å². The second-order valence-electron chi connectivity index (χ2n) is 12.7. The average molecular weight is 639 g/mol. The van der Waals surface area contributed by atoms with Crippen LogP contribution in [0.5, 0.6) is 0 Å². The number of amides is 2. The van der Waals surface area contributed by atoms with Gasteiger partial charge in [-0.2, -0.15) is 0 Å². The summed E-state index contributed by atoms with van der Waals surface area (Å²) in [4.78, 5) is 47.0. The SMILES string of the molecule is C=CCCCOC(=O)[C@@H]1[C@H]2C(=O)N([C@@H](CO)Cc3ccccc3)C(C(=O)N(CC=C)c3ccc4ccccc4c3)C23S[C@@H]1CC3C. The Kier molecular flexibility index (Phi) is 9.39. The van der Waals surface area contributed by atoms with Gasteiger partial charge in [0, 0.05) is 17.5 Å². The van der Waals surface area contributed by atoms with Crippen molar-refractivity contribution in [1.29, 1.82) is 0 Å². The Morgan fingerprint density at radius 1 is 1.09 bits per heavy atom. The van der Waals surface area contributed by atoms with Crippen molar-refractivity contribution in [3.63, 3.8) is 0 Å². The first-order valence-electron chi connectivity index (χ1n) is 16.2. The molecule has 3 saturated heterocycles. The summed E-state index contributed by atoms with van der Waals surface area (Å²) in [5, 5.41) is 12.8. The van der Waals surface area contributed by atoms with Gasteiger partial charge in [0.2, 0.25) is 5.91 Å². The van der Waals surface area contributed by atoms with Gasteiger partial charge in [-0.1, -0.05) is 79.7 Å². The van der Waals surface area contributed by atoms with Crippen LogP contribution in [0.2, 0.25) is 0 Å². The zero-order valence-electron chi connectivity index (χ0n) is 26.3. The number of allylic oxidation sites excluding steroid dienone is 1. The van der Waals surface area contributed by atoms with Crippen LogP contribution in [-0.4, -0.2) is 69.6 Å². The molecule has 0 aliphatic carbocycles. The number of carbonyl (C=O) groups is 3. The third kappa shape index (κ3) is 5.45. The molecule has 3 aromatic rings. The molecule has 0 radical (unpaired) electrons. The summed E-state index contributed by atoms with van der Waals surface area (Å²) in [6.45, 7) is 9.99. The van der Waals surface area contributed by atoms with E-state index >= 15 is 4.79 Å². The Labute approximate surface area is 275 Å². The van der Waals surface area contributed by atoms with Gasteiger partial charge in [-0.15, -0.1) is 24.9 Å². The zero-order chi connectivity index (χ0) is 32.4. The molecule has 1 spiro atoms. The van der Waals surface area contributed by atoms with Crippen LogP contribution in [0.4, 0.5) is 5.69 Å². The van der Waals surface area contributed by atoms with Crippen molar-refractivity contribution in [1.82, 2.24) is 4.90 Å². The number of nitrogens with zero attached hydrogens (tertiary/aromatic N) is 2.